The fourth-order valence-electron chi connectivity index (χ4n) is 12.6. The molecule has 5 aliphatic rings. The van der Waals surface area contributed by atoms with Gasteiger partial charge >= 0.3 is 6.09 Å². The van der Waals surface area contributed by atoms with Gasteiger partial charge in [0.25, 0.3) is 5.91 Å². The van der Waals surface area contributed by atoms with Crippen LogP contribution >= 0.6 is 0 Å². The van der Waals surface area contributed by atoms with Gasteiger partial charge in [-0.25, -0.2) is 4.79 Å². The number of methoxy groups -OCH3 is 2. The minimum absolute atomic E-state index is 0.0333. The van der Waals surface area contributed by atoms with Gasteiger partial charge in [0.2, 0.25) is 11.6 Å². The maximum atomic E-state index is 14.1. The minimum atomic E-state index is -1.00. The minimum Gasteiger partial charge on any atom is -0.508 e. The number of aliphatic hydroxyl groups excluding tert-OH is 1. The summed E-state index contributed by atoms with van der Waals surface area (Å²) >= 11 is 0. The molecule has 4 aliphatic carbocycles. The first-order valence-corrected chi connectivity index (χ1v) is 26.0. The first-order valence-electron chi connectivity index (χ1n) is 26.0. The number of primary amides is 1. The fraction of sp³-hybridized carbons (Fsp3) is 0.643. The lowest BCUT2D eigenvalue weighted by atomic mass is 9.53. The lowest BCUT2D eigenvalue weighted by Crippen LogP contribution is -2.50. The monoisotopic (exact) mass is 971 g/mol. The highest BCUT2D eigenvalue weighted by molar-refractivity contribution is 6.23. The molecule has 14 heteroatoms. The Morgan fingerprint density at radius 2 is 1.69 bits per heavy atom. The lowest BCUT2D eigenvalue weighted by Gasteiger charge is -2.53. The number of aromatic hydroxyl groups is 1. The molecule has 1 aromatic carbocycles. The van der Waals surface area contributed by atoms with Gasteiger partial charge in [0.15, 0.2) is 6.10 Å². The van der Waals surface area contributed by atoms with Crippen LogP contribution in [-0.2, 0) is 35.0 Å². The van der Waals surface area contributed by atoms with E-state index in [9.17, 15) is 34.5 Å². The predicted octanol–water partition coefficient (Wildman–Crippen LogP) is 7.66. The summed E-state index contributed by atoms with van der Waals surface area (Å²) in [6.07, 6.45) is 17.0. The summed E-state index contributed by atoms with van der Waals surface area (Å²) in [5.74, 6) is -0.0271. The number of phenolic OH excluding ortho intramolecular Hbond substituents is 1. The number of unbranched alkanes of at least 4 members (excludes halogenated alkanes) is 4. The number of nitrogens with one attached hydrogen (secondary N) is 3. The van der Waals surface area contributed by atoms with Gasteiger partial charge in [-0.3, -0.25) is 14.4 Å². The molecular formula is C56H82N4O10. The van der Waals surface area contributed by atoms with Gasteiger partial charge in [-0.15, -0.1) is 0 Å². The van der Waals surface area contributed by atoms with Crippen molar-refractivity contribution >= 4 is 23.6 Å². The maximum Gasteiger partial charge on any atom is 0.405 e. The third-order valence-corrected chi connectivity index (χ3v) is 16.6. The Morgan fingerprint density at radius 1 is 0.957 bits per heavy atom. The summed E-state index contributed by atoms with van der Waals surface area (Å²) in [6, 6.07) is 5.96. The lowest BCUT2D eigenvalue weighted by molar-refractivity contribution is -0.120. The molecule has 1 heterocycles. The largest absolute Gasteiger partial charge is 0.508 e. The molecule has 2 amide bonds. The van der Waals surface area contributed by atoms with Crippen molar-refractivity contribution in [1.29, 1.82) is 0 Å². The zero-order chi connectivity index (χ0) is 50.8. The number of hydrogen-bond acceptors (Lipinski definition) is 12. The molecule has 11 atom stereocenters. The number of allylic oxidation sites excluding steroid dienone is 4. The highest BCUT2D eigenvalue weighted by Gasteiger charge is 2.61. The molecule has 3 unspecified atom stereocenters. The molecule has 14 nitrogen and oxygen atoms in total. The van der Waals surface area contributed by atoms with E-state index in [2.05, 4.69) is 28.9 Å². The Labute approximate surface area is 416 Å². The molecule has 70 heavy (non-hydrogen) atoms. The van der Waals surface area contributed by atoms with E-state index in [1.165, 1.54) is 37.5 Å². The van der Waals surface area contributed by atoms with Crippen LogP contribution in [0.5, 0.6) is 5.75 Å². The van der Waals surface area contributed by atoms with E-state index < -0.39 is 59.5 Å². The molecular weight excluding hydrogens is 889 g/mol. The standard InChI is InChI=1S/C56H82N4O10/c1-34-29-43-49(46(62)33-45(51(43)64)60-53(65)35(2)15-14-16-47(68-6)52(70-54(57)66)37(4)31-36(3)50(63)48(30-34)69-7)59-28-13-12-27-58-26-11-9-8-10-23-56(67)25-22-44-42-19-17-38-32-39(61)18-20-40(38)41(42)21-24-55(44,56)5/h14-16,18,20,31-34,36,41-42,44,47-48,50,52,58-59,61,63,67H,8-13,17,19,21-30H2,1-7H3,(H2,57,66)(H,60,65)/b16-14-,35-15+,37-31+/t34-,36-,41?,42?,44?,47+,48-,50+,52+,55-,56-/m0/s1. The van der Waals surface area contributed by atoms with Crippen molar-refractivity contribution in [3.05, 3.63) is 87.8 Å². The zero-order valence-electron chi connectivity index (χ0n) is 42.8. The molecule has 2 bridgehead atoms. The van der Waals surface area contributed by atoms with Gasteiger partial charge in [0.05, 0.1) is 29.2 Å². The summed E-state index contributed by atoms with van der Waals surface area (Å²) in [6.45, 7) is 11.7. The van der Waals surface area contributed by atoms with Gasteiger partial charge in [-0.05, 0) is 162 Å². The zero-order valence-corrected chi connectivity index (χ0v) is 42.8. The molecule has 1 aromatic rings. The number of aliphatic hydroxyl groups is 2. The van der Waals surface area contributed by atoms with E-state index in [-0.39, 0.29) is 40.3 Å². The van der Waals surface area contributed by atoms with Gasteiger partial charge in [-0.2, -0.15) is 0 Å². The Balaban J connectivity index is 0.978. The number of fused-ring (bicyclic) bond motifs is 7. The molecule has 386 valence electrons. The van der Waals surface area contributed by atoms with E-state index >= 15 is 0 Å². The second kappa shape index (κ2) is 24.7. The van der Waals surface area contributed by atoms with Crippen LogP contribution < -0.4 is 21.7 Å². The quantitative estimate of drug-likeness (QED) is 0.0483. The average molecular weight is 971 g/mol. The predicted molar refractivity (Wildman–Crippen MR) is 270 cm³/mol. The molecule has 0 radical (unpaired) electrons. The Kier molecular flexibility index (Phi) is 19.3. The molecule has 1 aliphatic heterocycles. The van der Waals surface area contributed by atoms with Gasteiger partial charge in [-0.1, -0.05) is 70.4 Å². The number of ether oxygens (including phenoxy) is 3. The van der Waals surface area contributed by atoms with Crippen molar-refractivity contribution in [3.63, 3.8) is 0 Å². The second-order valence-corrected chi connectivity index (χ2v) is 21.3. The number of carbonyl (C=O) groups is 4. The SMILES string of the molecule is CO[C@H]1C[C@@H](C)CC2=C(NCCCCNCCCCCC[C@]3(O)CCC4C5CCc6cc(O)ccc6C5CC[C@@]43C)C(=O)C=C(NC(=O)/C(C)=C/C=C\[C@@H](OC)[C@H](OC(N)=O)/C(C)=C/[C@H](C)[C@H]1O)C2=O. The van der Waals surface area contributed by atoms with Gasteiger partial charge in [0, 0.05) is 43.9 Å². The molecule has 0 spiro atoms. The van der Waals surface area contributed by atoms with Crippen molar-refractivity contribution < 1.29 is 48.7 Å². The summed E-state index contributed by atoms with van der Waals surface area (Å²) in [7, 11) is 2.96. The van der Waals surface area contributed by atoms with Crippen molar-refractivity contribution in [2.24, 2.45) is 34.8 Å². The van der Waals surface area contributed by atoms with Crippen LogP contribution in [0.25, 0.3) is 0 Å². The smallest absolute Gasteiger partial charge is 0.405 e. The van der Waals surface area contributed by atoms with Crippen LogP contribution in [0.3, 0.4) is 0 Å². The number of nitrogens with two attached hydrogens (primary N) is 1. The van der Waals surface area contributed by atoms with Crippen LogP contribution in [0.2, 0.25) is 0 Å². The highest BCUT2D eigenvalue weighted by atomic mass is 16.6. The third kappa shape index (κ3) is 12.9. The molecule has 0 saturated heterocycles. The molecule has 8 N–H and O–H groups in total. The van der Waals surface area contributed by atoms with Crippen LogP contribution in [0, 0.1) is 29.1 Å². The van der Waals surface area contributed by atoms with E-state index in [1.54, 1.807) is 32.1 Å². The molecule has 2 fully saturated rings. The Bertz CT molecular complexity index is 2200. The number of phenols is 1. The molecule has 6 rings (SSSR count). The number of benzene rings is 1. The number of aryl methyl sites for hydroxylation is 1. The van der Waals surface area contributed by atoms with Gasteiger partial charge < -0.3 is 51.2 Å². The highest BCUT2D eigenvalue weighted by Crippen LogP contribution is 2.65. The van der Waals surface area contributed by atoms with Crippen LogP contribution in [0.1, 0.15) is 142 Å². The number of amides is 2. The van der Waals surface area contributed by atoms with E-state index in [1.807, 2.05) is 26.0 Å². The van der Waals surface area contributed by atoms with Crippen LogP contribution in [-0.4, -0.2) is 103 Å². The summed E-state index contributed by atoms with van der Waals surface area (Å²) in [4.78, 5) is 53.1. The van der Waals surface area contributed by atoms with Crippen molar-refractivity contribution in [1.82, 2.24) is 16.0 Å². The number of ketones is 2. The topological polar surface area (TPSA) is 219 Å². The molecule has 0 aromatic heterocycles. The molecule has 2 saturated carbocycles. The first-order chi connectivity index (χ1) is 33.4. The first kappa shape index (κ1) is 54.7. The van der Waals surface area contributed by atoms with Crippen molar-refractivity contribution in [2.75, 3.05) is 33.9 Å². The number of Topliss-reactive ketones (excluding diaryl/α,β-unsaturated/α-hetero) is 1. The van der Waals surface area contributed by atoms with Gasteiger partial charge in [0.1, 0.15) is 11.9 Å². The summed E-state index contributed by atoms with van der Waals surface area (Å²) < 4.78 is 16.9. The summed E-state index contributed by atoms with van der Waals surface area (Å²) in [5.41, 5.74) is 8.76. The fourth-order valence-corrected chi connectivity index (χ4v) is 12.6. The van der Waals surface area contributed by atoms with E-state index in [4.69, 9.17) is 19.9 Å². The maximum absolute atomic E-state index is 14.1. The van der Waals surface area contributed by atoms with Crippen molar-refractivity contribution in [3.8, 4) is 5.75 Å². The number of rotatable bonds is 16. The number of hydrogen-bond donors (Lipinski definition) is 7. The number of carbonyl (C=O) groups excluding carboxylic acids is 4. The Morgan fingerprint density at radius 3 is 2.41 bits per heavy atom. The average Bonchev–Trinajstić information content (AvgIpc) is 3.59. The van der Waals surface area contributed by atoms with Crippen molar-refractivity contribution in [2.45, 2.75) is 167 Å². The Hall–Kier alpha value is -4.60. The van der Waals surface area contributed by atoms with E-state index in [0.29, 0.717) is 42.0 Å². The summed E-state index contributed by atoms with van der Waals surface area (Å²) in [5, 5.41) is 43.2. The normalized spacial score (nSPS) is 33.9. The second-order valence-electron chi connectivity index (χ2n) is 21.3. The van der Waals surface area contributed by atoms with Crippen LogP contribution in [0.4, 0.5) is 4.79 Å². The van der Waals surface area contributed by atoms with E-state index in [0.717, 1.165) is 96.6 Å². The van der Waals surface area contributed by atoms with Crippen LogP contribution in [0.15, 0.2) is 76.7 Å². The third-order valence-electron chi connectivity index (χ3n) is 16.6.